The van der Waals surface area contributed by atoms with E-state index in [1.807, 2.05) is 30.9 Å². The van der Waals surface area contributed by atoms with E-state index in [2.05, 4.69) is 15.0 Å². The van der Waals surface area contributed by atoms with E-state index < -0.39 is 0 Å². The highest BCUT2D eigenvalue weighted by molar-refractivity contribution is 5.42. The minimum atomic E-state index is 0.241. The molecule has 1 aliphatic heterocycles. The molecule has 2 rings (SSSR count). The molecule has 0 bridgehead atoms. The lowest BCUT2D eigenvalue weighted by molar-refractivity contribution is 0.0214. The monoisotopic (exact) mass is 266 g/mol. The summed E-state index contributed by atoms with van der Waals surface area (Å²) in [5, 5.41) is 0. The van der Waals surface area contributed by atoms with Gasteiger partial charge in [0.1, 0.15) is 0 Å². The largest absolute Gasteiger partial charge is 0.376 e. The third kappa shape index (κ3) is 3.66. The van der Waals surface area contributed by atoms with E-state index in [0.29, 0.717) is 11.9 Å². The molecule has 0 aliphatic carbocycles. The number of hydrogen-bond acceptors (Lipinski definition) is 7. The van der Waals surface area contributed by atoms with Gasteiger partial charge in [-0.05, 0) is 19.3 Å². The Bertz CT molecular complexity index is 419. The first-order valence-electron chi connectivity index (χ1n) is 6.58. The Morgan fingerprint density at radius 3 is 2.53 bits per heavy atom. The zero-order chi connectivity index (χ0) is 13.8. The van der Waals surface area contributed by atoms with Crippen LogP contribution in [0.15, 0.2) is 0 Å². The molecule has 1 fully saturated rings. The SMILES string of the molecule is CN(C)c1nc(N)nc(N(C)CC2CCCCO2)n1. The van der Waals surface area contributed by atoms with Gasteiger partial charge in [-0.25, -0.2) is 0 Å². The van der Waals surface area contributed by atoms with Gasteiger partial charge in [-0.3, -0.25) is 0 Å². The van der Waals surface area contributed by atoms with Gasteiger partial charge in [0.25, 0.3) is 0 Å². The molecule has 0 saturated carbocycles. The van der Waals surface area contributed by atoms with Gasteiger partial charge in [0, 0.05) is 34.3 Å². The Morgan fingerprint density at radius 2 is 1.89 bits per heavy atom. The smallest absolute Gasteiger partial charge is 0.231 e. The number of nitrogens with zero attached hydrogens (tertiary/aromatic N) is 5. The third-order valence-corrected chi connectivity index (χ3v) is 3.12. The molecule has 0 spiro atoms. The summed E-state index contributed by atoms with van der Waals surface area (Å²) in [6, 6.07) is 0. The Labute approximate surface area is 113 Å². The summed E-state index contributed by atoms with van der Waals surface area (Å²) in [7, 11) is 5.71. The third-order valence-electron chi connectivity index (χ3n) is 3.12. The fraction of sp³-hybridized carbons (Fsp3) is 0.750. The van der Waals surface area contributed by atoms with Crippen molar-refractivity contribution in [2.45, 2.75) is 25.4 Å². The van der Waals surface area contributed by atoms with Crippen LogP contribution in [-0.2, 0) is 4.74 Å². The summed E-state index contributed by atoms with van der Waals surface area (Å²) in [6.45, 7) is 1.62. The lowest BCUT2D eigenvalue weighted by Crippen LogP contribution is -2.34. The van der Waals surface area contributed by atoms with Gasteiger partial charge < -0.3 is 20.3 Å². The Morgan fingerprint density at radius 1 is 1.16 bits per heavy atom. The molecule has 7 heteroatoms. The van der Waals surface area contributed by atoms with Crippen LogP contribution in [0.3, 0.4) is 0 Å². The van der Waals surface area contributed by atoms with Gasteiger partial charge >= 0.3 is 0 Å². The number of hydrogen-bond donors (Lipinski definition) is 1. The number of nitrogens with two attached hydrogens (primary N) is 1. The minimum Gasteiger partial charge on any atom is -0.376 e. The van der Waals surface area contributed by atoms with Gasteiger partial charge in [-0.1, -0.05) is 0 Å². The molecule has 1 saturated heterocycles. The Kier molecular flexibility index (Phi) is 4.36. The molecule has 1 aliphatic rings. The van der Waals surface area contributed by atoms with Crippen molar-refractivity contribution in [3.63, 3.8) is 0 Å². The van der Waals surface area contributed by atoms with Crippen molar-refractivity contribution in [2.24, 2.45) is 0 Å². The number of ether oxygens (including phenoxy) is 1. The van der Waals surface area contributed by atoms with Crippen LogP contribution in [-0.4, -0.2) is 55.4 Å². The first-order chi connectivity index (χ1) is 9.06. The van der Waals surface area contributed by atoms with E-state index in [4.69, 9.17) is 10.5 Å². The van der Waals surface area contributed by atoms with Crippen LogP contribution < -0.4 is 15.5 Å². The molecule has 2 N–H and O–H groups in total. The maximum atomic E-state index is 5.72. The van der Waals surface area contributed by atoms with Gasteiger partial charge in [-0.15, -0.1) is 0 Å². The highest BCUT2D eigenvalue weighted by atomic mass is 16.5. The van der Waals surface area contributed by atoms with Gasteiger partial charge in [0.15, 0.2) is 0 Å². The number of rotatable bonds is 4. The van der Waals surface area contributed by atoms with Crippen LogP contribution >= 0.6 is 0 Å². The molecular weight excluding hydrogens is 244 g/mol. The van der Waals surface area contributed by atoms with Crippen molar-refractivity contribution < 1.29 is 4.74 Å². The second kappa shape index (κ2) is 6.01. The molecule has 2 heterocycles. The predicted molar refractivity (Wildman–Crippen MR) is 75.4 cm³/mol. The van der Waals surface area contributed by atoms with E-state index in [9.17, 15) is 0 Å². The highest BCUT2D eigenvalue weighted by Crippen LogP contribution is 2.17. The lowest BCUT2D eigenvalue weighted by Gasteiger charge is -2.27. The molecule has 1 aromatic heterocycles. The second-order valence-electron chi connectivity index (χ2n) is 5.06. The van der Waals surface area contributed by atoms with Gasteiger partial charge in [-0.2, -0.15) is 15.0 Å². The van der Waals surface area contributed by atoms with Crippen LogP contribution in [0.5, 0.6) is 0 Å². The van der Waals surface area contributed by atoms with Crippen LogP contribution in [0.2, 0.25) is 0 Å². The molecule has 0 radical (unpaired) electrons. The van der Waals surface area contributed by atoms with Crippen LogP contribution in [0.1, 0.15) is 19.3 Å². The van der Waals surface area contributed by atoms with E-state index >= 15 is 0 Å². The van der Waals surface area contributed by atoms with Crippen molar-refractivity contribution >= 4 is 17.8 Å². The average molecular weight is 266 g/mol. The van der Waals surface area contributed by atoms with Crippen molar-refractivity contribution in [3.8, 4) is 0 Å². The molecule has 7 nitrogen and oxygen atoms in total. The highest BCUT2D eigenvalue weighted by Gasteiger charge is 2.18. The standard InChI is InChI=1S/C12H22N6O/c1-17(2)11-14-10(13)15-12(16-11)18(3)8-9-6-4-5-7-19-9/h9H,4-8H2,1-3H3,(H2,13,14,15,16). The predicted octanol–water partition coefficient (Wildman–Crippen LogP) is 0.525. The normalized spacial score (nSPS) is 19.2. The summed E-state index contributed by atoms with van der Waals surface area (Å²) in [6.07, 6.45) is 3.72. The minimum absolute atomic E-state index is 0.241. The molecule has 1 aromatic rings. The van der Waals surface area contributed by atoms with Gasteiger partial charge in [0.2, 0.25) is 17.8 Å². The second-order valence-corrected chi connectivity index (χ2v) is 5.06. The summed E-state index contributed by atoms with van der Waals surface area (Å²) in [5.74, 6) is 1.40. The number of aromatic nitrogens is 3. The van der Waals surface area contributed by atoms with Crippen molar-refractivity contribution in [1.82, 2.24) is 15.0 Å². The maximum absolute atomic E-state index is 5.72. The summed E-state index contributed by atoms with van der Waals surface area (Å²) in [5.41, 5.74) is 5.72. The summed E-state index contributed by atoms with van der Waals surface area (Å²) in [4.78, 5) is 16.4. The van der Waals surface area contributed by atoms with Crippen LogP contribution in [0, 0.1) is 0 Å². The van der Waals surface area contributed by atoms with E-state index in [-0.39, 0.29) is 12.1 Å². The van der Waals surface area contributed by atoms with E-state index in [1.165, 1.54) is 6.42 Å². The fourth-order valence-corrected chi connectivity index (χ4v) is 2.08. The summed E-state index contributed by atoms with van der Waals surface area (Å²) >= 11 is 0. The molecule has 1 atom stereocenters. The van der Waals surface area contributed by atoms with E-state index in [1.54, 1.807) is 0 Å². The molecular formula is C12H22N6O. The first-order valence-corrected chi connectivity index (χ1v) is 6.58. The first kappa shape index (κ1) is 13.8. The van der Waals surface area contributed by atoms with Crippen molar-refractivity contribution in [2.75, 3.05) is 49.8 Å². The number of anilines is 3. The molecule has 0 amide bonds. The zero-order valence-electron chi connectivity index (χ0n) is 11.8. The maximum Gasteiger partial charge on any atom is 0.231 e. The molecule has 1 unspecified atom stereocenters. The van der Waals surface area contributed by atoms with Crippen LogP contribution in [0.4, 0.5) is 17.8 Å². The average Bonchev–Trinajstić information content (AvgIpc) is 2.39. The van der Waals surface area contributed by atoms with Crippen LogP contribution in [0.25, 0.3) is 0 Å². The number of nitrogen functional groups attached to an aromatic ring is 1. The lowest BCUT2D eigenvalue weighted by atomic mass is 10.1. The van der Waals surface area contributed by atoms with Crippen molar-refractivity contribution in [1.29, 1.82) is 0 Å². The van der Waals surface area contributed by atoms with Crippen molar-refractivity contribution in [3.05, 3.63) is 0 Å². The Hall–Kier alpha value is -1.63. The fourth-order valence-electron chi connectivity index (χ4n) is 2.08. The molecule has 19 heavy (non-hydrogen) atoms. The van der Waals surface area contributed by atoms with E-state index in [0.717, 1.165) is 26.0 Å². The summed E-state index contributed by atoms with van der Waals surface area (Å²) < 4.78 is 5.72. The topological polar surface area (TPSA) is 80.4 Å². The molecule has 106 valence electrons. The van der Waals surface area contributed by atoms with Gasteiger partial charge in [0.05, 0.1) is 6.10 Å². The quantitative estimate of drug-likeness (QED) is 0.851. The Balaban J connectivity index is 2.07. The molecule has 0 aromatic carbocycles. The number of likely N-dealkylation sites (N-methyl/N-ethyl adjacent to an activating group) is 1. The zero-order valence-corrected chi connectivity index (χ0v) is 11.8.